The van der Waals surface area contributed by atoms with Crippen LogP contribution in [-0.4, -0.2) is 11.7 Å². The summed E-state index contributed by atoms with van der Waals surface area (Å²) in [6.07, 6.45) is 0.982. The van der Waals surface area contributed by atoms with Crippen LogP contribution in [0.15, 0.2) is 41.8 Å². The molecule has 1 unspecified atom stereocenters. The van der Waals surface area contributed by atoms with Crippen molar-refractivity contribution in [3.8, 4) is 5.75 Å². The average Bonchev–Trinajstić information content (AvgIpc) is 2.85. The number of thiophene rings is 1. The lowest BCUT2D eigenvalue weighted by atomic mass is 10.1. The van der Waals surface area contributed by atoms with Gasteiger partial charge in [-0.3, -0.25) is 0 Å². The van der Waals surface area contributed by atoms with Gasteiger partial charge in [-0.15, -0.1) is 11.3 Å². The first-order valence-corrected chi connectivity index (χ1v) is 6.68. The summed E-state index contributed by atoms with van der Waals surface area (Å²) in [4.78, 5) is 1.37. The average molecular weight is 247 g/mol. The number of nitrogens with one attached hydrogen (secondary N) is 1. The lowest BCUT2D eigenvalue weighted by Gasteiger charge is -2.11. The summed E-state index contributed by atoms with van der Waals surface area (Å²) in [5.74, 6) is 0.327. The van der Waals surface area contributed by atoms with Gasteiger partial charge in [0.1, 0.15) is 5.75 Å². The van der Waals surface area contributed by atoms with Gasteiger partial charge < -0.3 is 10.4 Å². The highest BCUT2D eigenvalue weighted by Gasteiger charge is 2.04. The molecule has 2 rings (SSSR count). The molecule has 0 aliphatic rings. The summed E-state index contributed by atoms with van der Waals surface area (Å²) < 4.78 is 0. The third kappa shape index (κ3) is 3.58. The highest BCUT2D eigenvalue weighted by molar-refractivity contribution is 7.10. The van der Waals surface area contributed by atoms with Crippen LogP contribution in [-0.2, 0) is 6.42 Å². The van der Waals surface area contributed by atoms with Crippen molar-refractivity contribution in [2.24, 2.45) is 0 Å². The van der Waals surface area contributed by atoms with Crippen molar-refractivity contribution in [3.05, 3.63) is 52.2 Å². The van der Waals surface area contributed by atoms with Gasteiger partial charge >= 0.3 is 0 Å². The molecular formula is C14H17NOS. The second kappa shape index (κ2) is 5.84. The number of hydrogen-bond acceptors (Lipinski definition) is 3. The minimum atomic E-state index is 0.327. The third-order valence-electron chi connectivity index (χ3n) is 2.77. The topological polar surface area (TPSA) is 32.3 Å². The van der Waals surface area contributed by atoms with Gasteiger partial charge in [0.15, 0.2) is 0 Å². The number of benzene rings is 1. The molecule has 1 aromatic heterocycles. The largest absolute Gasteiger partial charge is 0.508 e. The molecule has 0 amide bonds. The van der Waals surface area contributed by atoms with Crippen LogP contribution in [0.4, 0.5) is 0 Å². The molecule has 0 aliphatic heterocycles. The second-order valence-electron chi connectivity index (χ2n) is 4.11. The van der Waals surface area contributed by atoms with E-state index < -0.39 is 0 Å². The van der Waals surface area contributed by atoms with Crippen LogP contribution < -0.4 is 5.32 Å². The van der Waals surface area contributed by atoms with Crippen molar-refractivity contribution in [3.63, 3.8) is 0 Å². The normalized spacial score (nSPS) is 12.5. The van der Waals surface area contributed by atoms with E-state index in [2.05, 4.69) is 29.8 Å². The van der Waals surface area contributed by atoms with Crippen molar-refractivity contribution >= 4 is 11.3 Å². The first-order chi connectivity index (χ1) is 8.25. The highest BCUT2D eigenvalue weighted by atomic mass is 32.1. The van der Waals surface area contributed by atoms with Gasteiger partial charge in [-0.2, -0.15) is 0 Å². The fourth-order valence-corrected chi connectivity index (χ4v) is 2.49. The molecule has 0 aliphatic carbocycles. The fourth-order valence-electron chi connectivity index (χ4n) is 1.73. The van der Waals surface area contributed by atoms with Gasteiger partial charge in [-0.25, -0.2) is 0 Å². The Balaban J connectivity index is 1.78. The lowest BCUT2D eigenvalue weighted by molar-refractivity contribution is 0.475. The number of phenols is 1. The molecule has 2 aromatic rings. The zero-order valence-electron chi connectivity index (χ0n) is 9.89. The quantitative estimate of drug-likeness (QED) is 0.849. The number of hydrogen-bond donors (Lipinski definition) is 2. The molecule has 0 saturated carbocycles. The van der Waals surface area contributed by atoms with E-state index in [0.29, 0.717) is 11.8 Å². The van der Waals surface area contributed by atoms with E-state index in [1.807, 2.05) is 12.1 Å². The maximum absolute atomic E-state index is 9.18. The van der Waals surface area contributed by atoms with Crippen LogP contribution in [0.25, 0.3) is 0 Å². The Morgan fingerprint density at radius 3 is 2.65 bits per heavy atom. The first kappa shape index (κ1) is 12.1. The van der Waals surface area contributed by atoms with E-state index >= 15 is 0 Å². The second-order valence-corrected chi connectivity index (χ2v) is 5.09. The van der Waals surface area contributed by atoms with Gasteiger partial charge in [0.05, 0.1) is 0 Å². The van der Waals surface area contributed by atoms with Gasteiger partial charge in [-0.1, -0.05) is 18.2 Å². The molecule has 0 spiro atoms. The van der Waals surface area contributed by atoms with Crippen molar-refractivity contribution in [2.75, 3.05) is 6.54 Å². The molecule has 2 N–H and O–H groups in total. The minimum Gasteiger partial charge on any atom is -0.508 e. The van der Waals surface area contributed by atoms with Gasteiger partial charge in [0, 0.05) is 10.9 Å². The van der Waals surface area contributed by atoms with E-state index in [4.69, 9.17) is 0 Å². The number of aromatic hydroxyl groups is 1. The van der Waals surface area contributed by atoms with E-state index in [9.17, 15) is 5.11 Å². The standard InChI is InChI=1S/C14H17NOS/c1-11(14-3-2-10-17-14)15-9-8-12-4-6-13(16)7-5-12/h2-7,10-11,15-16H,8-9H2,1H3. The van der Waals surface area contributed by atoms with Crippen LogP contribution in [0.3, 0.4) is 0 Å². The fraction of sp³-hybridized carbons (Fsp3) is 0.286. The molecule has 1 aromatic carbocycles. The molecule has 90 valence electrons. The highest BCUT2D eigenvalue weighted by Crippen LogP contribution is 2.18. The van der Waals surface area contributed by atoms with Crippen molar-refractivity contribution in [1.82, 2.24) is 5.32 Å². The Morgan fingerprint density at radius 2 is 2.00 bits per heavy atom. The zero-order chi connectivity index (χ0) is 12.1. The SMILES string of the molecule is CC(NCCc1ccc(O)cc1)c1cccs1. The maximum atomic E-state index is 9.18. The first-order valence-electron chi connectivity index (χ1n) is 5.80. The summed E-state index contributed by atoms with van der Waals surface area (Å²) in [5, 5.41) is 14.8. The van der Waals surface area contributed by atoms with E-state index in [0.717, 1.165) is 13.0 Å². The maximum Gasteiger partial charge on any atom is 0.115 e. The summed E-state index contributed by atoms with van der Waals surface area (Å²) in [7, 11) is 0. The monoisotopic (exact) mass is 247 g/mol. The van der Waals surface area contributed by atoms with E-state index in [-0.39, 0.29) is 0 Å². The van der Waals surface area contributed by atoms with Crippen LogP contribution >= 0.6 is 11.3 Å². The number of rotatable bonds is 5. The van der Waals surface area contributed by atoms with Gasteiger partial charge in [0.25, 0.3) is 0 Å². The van der Waals surface area contributed by atoms with Crippen LogP contribution in [0.2, 0.25) is 0 Å². The van der Waals surface area contributed by atoms with Crippen LogP contribution in [0, 0.1) is 0 Å². The van der Waals surface area contributed by atoms with E-state index in [1.54, 1.807) is 23.5 Å². The summed E-state index contributed by atoms with van der Waals surface area (Å²) >= 11 is 1.78. The number of phenolic OH excluding ortho intramolecular Hbond substituents is 1. The summed E-state index contributed by atoms with van der Waals surface area (Å²) in [5.41, 5.74) is 1.24. The molecule has 0 fully saturated rings. The van der Waals surface area contributed by atoms with Crippen LogP contribution in [0.1, 0.15) is 23.4 Å². The lowest BCUT2D eigenvalue weighted by Crippen LogP contribution is -2.20. The predicted molar refractivity (Wildman–Crippen MR) is 72.5 cm³/mol. The molecule has 0 bridgehead atoms. The third-order valence-corrected chi connectivity index (χ3v) is 3.83. The molecule has 17 heavy (non-hydrogen) atoms. The van der Waals surface area contributed by atoms with Crippen molar-refractivity contribution in [2.45, 2.75) is 19.4 Å². The summed E-state index contributed by atoms with van der Waals surface area (Å²) in [6, 6.07) is 12.0. The van der Waals surface area contributed by atoms with E-state index in [1.165, 1.54) is 10.4 Å². The zero-order valence-corrected chi connectivity index (χ0v) is 10.7. The molecule has 1 heterocycles. The Labute approximate surface area is 106 Å². The minimum absolute atomic E-state index is 0.327. The molecule has 2 nitrogen and oxygen atoms in total. The van der Waals surface area contributed by atoms with Crippen LogP contribution in [0.5, 0.6) is 5.75 Å². The van der Waals surface area contributed by atoms with Gasteiger partial charge in [-0.05, 0) is 49.0 Å². The van der Waals surface area contributed by atoms with Gasteiger partial charge in [0.2, 0.25) is 0 Å². The Bertz CT molecular complexity index is 436. The van der Waals surface area contributed by atoms with Crippen molar-refractivity contribution in [1.29, 1.82) is 0 Å². The Morgan fingerprint density at radius 1 is 1.24 bits per heavy atom. The summed E-state index contributed by atoms with van der Waals surface area (Å²) in [6.45, 7) is 3.13. The molecule has 0 saturated heterocycles. The predicted octanol–water partition coefficient (Wildman–Crippen LogP) is 3.35. The molecular weight excluding hydrogens is 230 g/mol. The molecule has 1 atom stereocenters. The Hall–Kier alpha value is -1.32. The van der Waals surface area contributed by atoms with Crippen molar-refractivity contribution < 1.29 is 5.11 Å². The molecule has 0 radical (unpaired) electrons. The Kier molecular flexibility index (Phi) is 4.18. The smallest absolute Gasteiger partial charge is 0.115 e. The molecule has 3 heteroatoms.